The SMILES string of the molecule is CC(C)(C)n1cc(C(=O)N[C@H](Cc2ccccc2)C(=O)N2CCCCC2)nn1. The van der Waals surface area contributed by atoms with E-state index in [1.54, 1.807) is 10.9 Å². The highest BCUT2D eigenvalue weighted by atomic mass is 16.2. The first-order valence-electron chi connectivity index (χ1n) is 9.91. The molecular formula is C21H29N5O2. The largest absolute Gasteiger partial charge is 0.341 e. The van der Waals surface area contributed by atoms with E-state index in [0.29, 0.717) is 6.42 Å². The molecule has 0 bridgehead atoms. The lowest BCUT2D eigenvalue weighted by Gasteiger charge is -2.30. The van der Waals surface area contributed by atoms with Gasteiger partial charge < -0.3 is 10.2 Å². The van der Waals surface area contributed by atoms with Crippen molar-refractivity contribution in [3.05, 3.63) is 47.8 Å². The van der Waals surface area contributed by atoms with Crippen molar-refractivity contribution in [3.63, 3.8) is 0 Å². The quantitative estimate of drug-likeness (QED) is 0.860. The van der Waals surface area contributed by atoms with Crippen LogP contribution in [0.15, 0.2) is 36.5 Å². The monoisotopic (exact) mass is 383 g/mol. The van der Waals surface area contributed by atoms with E-state index in [9.17, 15) is 9.59 Å². The van der Waals surface area contributed by atoms with Crippen molar-refractivity contribution < 1.29 is 9.59 Å². The molecule has 28 heavy (non-hydrogen) atoms. The molecule has 2 aromatic rings. The van der Waals surface area contributed by atoms with Gasteiger partial charge in [-0.3, -0.25) is 9.59 Å². The summed E-state index contributed by atoms with van der Waals surface area (Å²) in [4.78, 5) is 27.7. The van der Waals surface area contributed by atoms with E-state index in [1.807, 2.05) is 56.0 Å². The molecule has 1 aliphatic rings. The smallest absolute Gasteiger partial charge is 0.274 e. The summed E-state index contributed by atoms with van der Waals surface area (Å²) in [7, 11) is 0. The van der Waals surface area contributed by atoms with E-state index in [-0.39, 0.29) is 23.0 Å². The van der Waals surface area contributed by atoms with Crippen LogP contribution in [0, 0.1) is 0 Å². The Labute approximate surface area is 166 Å². The van der Waals surface area contributed by atoms with Gasteiger partial charge in [-0.25, -0.2) is 4.68 Å². The number of amides is 2. The summed E-state index contributed by atoms with van der Waals surface area (Å²) >= 11 is 0. The third-order valence-corrected chi connectivity index (χ3v) is 4.97. The molecule has 1 saturated heterocycles. The Morgan fingerprint density at radius 2 is 1.79 bits per heavy atom. The highest BCUT2D eigenvalue weighted by Crippen LogP contribution is 2.14. The van der Waals surface area contributed by atoms with Gasteiger partial charge in [0.05, 0.1) is 11.7 Å². The number of rotatable bonds is 5. The van der Waals surface area contributed by atoms with E-state index >= 15 is 0 Å². The molecule has 0 saturated carbocycles. The van der Waals surface area contributed by atoms with Gasteiger partial charge in [0.2, 0.25) is 5.91 Å². The number of piperidine rings is 1. The highest BCUT2D eigenvalue weighted by molar-refractivity contribution is 5.96. The Morgan fingerprint density at radius 1 is 1.11 bits per heavy atom. The molecule has 0 spiro atoms. The average molecular weight is 383 g/mol. The van der Waals surface area contributed by atoms with Crippen LogP contribution in [0.5, 0.6) is 0 Å². The maximum Gasteiger partial charge on any atom is 0.274 e. The molecule has 0 unspecified atom stereocenters. The molecular weight excluding hydrogens is 354 g/mol. The number of carbonyl (C=O) groups excluding carboxylic acids is 2. The van der Waals surface area contributed by atoms with Crippen molar-refractivity contribution >= 4 is 11.8 Å². The second-order valence-corrected chi connectivity index (χ2v) is 8.32. The molecule has 1 aliphatic heterocycles. The van der Waals surface area contributed by atoms with Crippen molar-refractivity contribution in [3.8, 4) is 0 Å². The number of likely N-dealkylation sites (tertiary alicyclic amines) is 1. The van der Waals surface area contributed by atoms with Gasteiger partial charge >= 0.3 is 0 Å². The summed E-state index contributed by atoms with van der Waals surface area (Å²) in [5.41, 5.74) is 0.967. The number of hydrogen-bond donors (Lipinski definition) is 1. The Balaban J connectivity index is 1.76. The molecule has 7 nitrogen and oxygen atoms in total. The third-order valence-electron chi connectivity index (χ3n) is 4.97. The first-order valence-corrected chi connectivity index (χ1v) is 9.91. The summed E-state index contributed by atoms with van der Waals surface area (Å²) in [6.45, 7) is 7.46. The number of nitrogens with zero attached hydrogens (tertiary/aromatic N) is 4. The normalized spacial score (nSPS) is 15.9. The zero-order valence-electron chi connectivity index (χ0n) is 16.9. The standard InChI is InChI=1S/C21H29N5O2/c1-21(2,3)26-15-18(23-24-26)19(27)22-17(14-16-10-6-4-7-11-16)20(28)25-12-8-5-9-13-25/h4,6-7,10-11,15,17H,5,8-9,12-14H2,1-3H3,(H,22,27)/t17-/m1/s1. The minimum Gasteiger partial charge on any atom is -0.341 e. The van der Waals surface area contributed by atoms with Crippen LogP contribution in [0.4, 0.5) is 0 Å². The van der Waals surface area contributed by atoms with Crippen LogP contribution < -0.4 is 5.32 Å². The van der Waals surface area contributed by atoms with Gasteiger partial charge in [-0.1, -0.05) is 35.5 Å². The molecule has 1 aromatic carbocycles. The number of benzene rings is 1. The lowest BCUT2D eigenvalue weighted by molar-refractivity contribution is -0.134. The molecule has 1 fully saturated rings. The minimum atomic E-state index is -0.618. The second kappa shape index (κ2) is 8.54. The molecule has 2 amide bonds. The van der Waals surface area contributed by atoms with Crippen molar-refractivity contribution in [2.45, 2.75) is 58.0 Å². The van der Waals surface area contributed by atoms with Crippen LogP contribution in [0.3, 0.4) is 0 Å². The number of aromatic nitrogens is 3. The topological polar surface area (TPSA) is 80.1 Å². The first kappa shape index (κ1) is 20.0. The van der Waals surface area contributed by atoms with Gasteiger partial charge in [0.1, 0.15) is 6.04 Å². The predicted molar refractivity (Wildman–Crippen MR) is 107 cm³/mol. The Bertz CT molecular complexity index is 804. The van der Waals surface area contributed by atoms with Gasteiger partial charge in [0, 0.05) is 19.5 Å². The molecule has 150 valence electrons. The fourth-order valence-electron chi connectivity index (χ4n) is 3.31. The van der Waals surface area contributed by atoms with Crippen molar-refractivity contribution in [2.75, 3.05) is 13.1 Å². The van der Waals surface area contributed by atoms with Gasteiger partial charge in [-0.05, 0) is 45.6 Å². The molecule has 1 aromatic heterocycles. The zero-order valence-corrected chi connectivity index (χ0v) is 16.9. The summed E-state index contributed by atoms with van der Waals surface area (Å²) in [6.07, 6.45) is 5.25. The molecule has 2 heterocycles. The molecule has 0 aliphatic carbocycles. The first-order chi connectivity index (χ1) is 13.3. The van der Waals surface area contributed by atoms with E-state index < -0.39 is 6.04 Å². The van der Waals surface area contributed by atoms with Gasteiger partial charge in [-0.15, -0.1) is 5.10 Å². The van der Waals surface area contributed by atoms with Crippen molar-refractivity contribution in [2.24, 2.45) is 0 Å². The lowest BCUT2D eigenvalue weighted by Crippen LogP contribution is -2.51. The molecule has 1 N–H and O–H groups in total. The Kier molecular flexibility index (Phi) is 6.11. The minimum absolute atomic E-state index is 0.0277. The van der Waals surface area contributed by atoms with Gasteiger partial charge in [-0.2, -0.15) is 0 Å². The van der Waals surface area contributed by atoms with E-state index in [4.69, 9.17) is 0 Å². The van der Waals surface area contributed by atoms with Crippen LogP contribution >= 0.6 is 0 Å². The number of carbonyl (C=O) groups is 2. The van der Waals surface area contributed by atoms with E-state index in [2.05, 4.69) is 15.6 Å². The van der Waals surface area contributed by atoms with Crippen LogP contribution in [0.2, 0.25) is 0 Å². The van der Waals surface area contributed by atoms with Crippen molar-refractivity contribution in [1.29, 1.82) is 0 Å². The summed E-state index contributed by atoms with van der Waals surface area (Å²) in [5.74, 6) is -0.401. The van der Waals surface area contributed by atoms with E-state index in [0.717, 1.165) is 37.9 Å². The number of hydrogen-bond acceptors (Lipinski definition) is 4. The van der Waals surface area contributed by atoms with Crippen LogP contribution in [0.25, 0.3) is 0 Å². The highest BCUT2D eigenvalue weighted by Gasteiger charge is 2.28. The fourth-order valence-corrected chi connectivity index (χ4v) is 3.31. The summed E-state index contributed by atoms with van der Waals surface area (Å²) in [5, 5.41) is 10.9. The molecule has 1 atom stereocenters. The average Bonchev–Trinajstić information content (AvgIpc) is 3.19. The zero-order chi connectivity index (χ0) is 20.1. The van der Waals surface area contributed by atoms with Crippen LogP contribution in [0.1, 0.15) is 56.1 Å². The molecule has 3 rings (SSSR count). The molecule has 7 heteroatoms. The predicted octanol–water partition coefficient (Wildman–Crippen LogP) is 2.39. The van der Waals surface area contributed by atoms with Crippen LogP contribution in [-0.4, -0.2) is 50.8 Å². The summed E-state index contributed by atoms with van der Waals surface area (Å²) in [6, 6.07) is 9.14. The second-order valence-electron chi connectivity index (χ2n) is 8.32. The maximum absolute atomic E-state index is 13.1. The third kappa shape index (κ3) is 4.97. The molecule has 0 radical (unpaired) electrons. The lowest BCUT2D eigenvalue weighted by atomic mass is 10.0. The van der Waals surface area contributed by atoms with Crippen LogP contribution in [-0.2, 0) is 16.8 Å². The Hall–Kier alpha value is -2.70. The van der Waals surface area contributed by atoms with Gasteiger partial charge in [0.25, 0.3) is 5.91 Å². The Morgan fingerprint density at radius 3 is 2.39 bits per heavy atom. The fraction of sp³-hybridized carbons (Fsp3) is 0.524. The van der Waals surface area contributed by atoms with Gasteiger partial charge in [0.15, 0.2) is 5.69 Å². The van der Waals surface area contributed by atoms with E-state index in [1.165, 1.54) is 0 Å². The number of nitrogens with one attached hydrogen (secondary N) is 1. The summed E-state index contributed by atoms with van der Waals surface area (Å²) < 4.78 is 1.65. The maximum atomic E-state index is 13.1. The van der Waals surface area contributed by atoms with Crippen molar-refractivity contribution in [1.82, 2.24) is 25.2 Å².